The van der Waals surface area contributed by atoms with Gasteiger partial charge >= 0.3 is 5.97 Å². The number of para-hydroxylation sites is 1. The number of carboxylic acids is 1. The normalized spacial score (nSPS) is 15.2. The summed E-state index contributed by atoms with van der Waals surface area (Å²) in [4.78, 5) is 27.8. The lowest BCUT2D eigenvalue weighted by Crippen LogP contribution is -2.20. The molecule has 4 rings (SSSR count). The third-order valence-corrected chi connectivity index (χ3v) is 5.53. The molecule has 1 unspecified atom stereocenters. The van der Waals surface area contributed by atoms with Gasteiger partial charge in [0.1, 0.15) is 23.1 Å². The second kappa shape index (κ2) is 10.8. The van der Waals surface area contributed by atoms with Gasteiger partial charge in [0.25, 0.3) is 5.91 Å². The van der Waals surface area contributed by atoms with Gasteiger partial charge in [-0.15, -0.1) is 0 Å². The highest BCUT2D eigenvalue weighted by Gasteiger charge is 2.29. The number of amidine groups is 1. The third-order valence-electron chi connectivity index (χ3n) is 5.24. The molecule has 0 radical (unpaired) electrons. The molecular weight excluding hydrogens is 470 g/mol. The van der Waals surface area contributed by atoms with Crippen LogP contribution < -0.4 is 20.5 Å². The van der Waals surface area contributed by atoms with Crippen LogP contribution in [0.3, 0.4) is 0 Å². The van der Waals surface area contributed by atoms with Crippen LogP contribution in [0.1, 0.15) is 28.3 Å². The minimum atomic E-state index is -0.925. The molecule has 1 amide bonds. The number of hydrogen-bond acceptors (Lipinski definition) is 5. The Morgan fingerprint density at radius 1 is 1.14 bits per heavy atom. The number of carboxylic acid groups (broad SMARTS) is 1. The molecule has 0 spiro atoms. The van der Waals surface area contributed by atoms with E-state index in [9.17, 15) is 14.7 Å². The van der Waals surface area contributed by atoms with Crippen molar-refractivity contribution in [3.63, 3.8) is 0 Å². The Kier molecular flexibility index (Phi) is 7.32. The number of aliphatic imine (C=N–C) groups is 1. The molecule has 3 aromatic rings. The van der Waals surface area contributed by atoms with Gasteiger partial charge in [-0.3, -0.25) is 9.59 Å². The van der Waals surface area contributed by atoms with E-state index in [0.29, 0.717) is 41.4 Å². The van der Waals surface area contributed by atoms with Crippen LogP contribution in [0.2, 0.25) is 5.02 Å². The summed E-state index contributed by atoms with van der Waals surface area (Å²) in [6.07, 6.45) is 3.47. The van der Waals surface area contributed by atoms with Crippen LogP contribution in [0, 0.1) is 0 Å². The molecule has 0 saturated carbocycles. The maximum atomic E-state index is 12.4. The molecule has 0 aromatic heterocycles. The van der Waals surface area contributed by atoms with Gasteiger partial charge in [-0.1, -0.05) is 29.8 Å². The quantitative estimate of drug-likeness (QED) is 0.306. The van der Waals surface area contributed by atoms with Crippen molar-refractivity contribution in [3.8, 4) is 17.2 Å². The van der Waals surface area contributed by atoms with Crippen LogP contribution in [0.4, 0.5) is 5.69 Å². The highest BCUT2D eigenvalue weighted by molar-refractivity contribution is 6.32. The Balaban J connectivity index is 1.41. The molecule has 35 heavy (non-hydrogen) atoms. The minimum Gasteiger partial charge on any atom is -0.493 e. The molecule has 178 valence electrons. The fourth-order valence-electron chi connectivity index (χ4n) is 3.49. The van der Waals surface area contributed by atoms with Gasteiger partial charge in [-0.25, -0.2) is 0 Å². The van der Waals surface area contributed by atoms with E-state index in [1.807, 2.05) is 30.3 Å². The lowest BCUT2D eigenvalue weighted by Gasteiger charge is -2.24. The number of nitrogens with two attached hydrogens (primary N) is 1. The predicted octanol–water partition coefficient (Wildman–Crippen LogP) is 5.21. The average molecular weight is 492 g/mol. The number of carbonyl (C=O) groups is 2. The van der Waals surface area contributed by atoms with Crippen LogP contribution in [0.5, 0.6) is 17.2 Å². The van der Waals surface area contributed by atoms with Crippen LogP contribution in [0.15, 0.2) is 84.0 Å². The molecule has 0 aliphatic carbocycles. The number of nitrogens with zero attached hydrogens (tertiary/aromatic N) is 1. The number of halogens is 1. The predicted molar refractivity (Wildman–Crippen MR) is 134 cm³/mol. The van der Waals surface area contributed by atoms with Crippen LogP contribution in [0.25, 0.3) is 0 Å². The van der Waals surface area contributed by atoms with Crippen molar-refractivity contribution in [3.05, 3.63) is 95.2 Å². The summed E-state index contributed by atoms with van der Waals surface area (Å²) < 4.78 is 11.4. The van der Waals surface area contributed by atoms with E-state index in [1.165, 1.54) is 6.08 Å². The molecular formula is C26H22ClN3O5. The number of anilines is 1. The zero-order valence-electron chi connectivity index (χ0n) is 18.5. The molecule has 0 bridgehead atoms. The molecule has 0 saturated heterocycles. The number of nitrogens with one attached hydrogen (secondary N) is 1. The fraction of sp³-hybridized carbons (Fsp3) is 0.115. The first-order valence-corrected chi connectivity index (χ1v) is 11.1. The molecule has 1 heterocycles. The van der Waals surface area contributed by atoms with Gasteiger partial charge < -0.3 is 25.6 Å². The molecule has 8 nitrogen and oxygen atoms in total. The van der Waals surface area contributed by atoms with E-state index in [0.717, 1.165) is 5.69 Å². The molecule has 1 aliphatic rings. The van der Waals surface area contributed by atoms with Gasteiger partial charge in [-0.05, 0) is 55.0 Å². The van der Waals surface area contributed by atoms with E-state index in [2.05, 4.69) is 10.3 Å². The number of amides is 1. The Bertz CT molecular complexity index is 1290. The highest BCUT2D eigenvalue weighted by Crippen LogP contribution is 2.41. The van der Waals surface area contributed by atoms with Crippen LogP contribution in [-0.2, 0) is 4.79 Å². The van der Waals surface area contributed by atoms with Crippen molar-refractivity contribution in [2.75, 3.05) is 11.9 Å². The summed E-state index contributed by atoms with van der Waals surface area (Å²) in [6, 6.07) is 18.9. The number of fused-ring (bicyclic) bond motifs is 1. The Labute approximate surface area is 206 Å². The van der Waals surface area contributed by atoms with Crippen molar-refractivity contribution < 1.29 is 24.2 Å². The van der Waals surface area contributed by atoms with Gasteiger partial charge in [0.2, 0.25) is 0 Å². The van der Waals surface area contributed by atoms with Gasteiger partial charge in [0, 0.05) is 29.1 Å². The van der Waals surface area contributed by atoms with E-state index >= 15 is 0 Å². The van der Waals surface area contributed by atoms with Crippen molar-refractivity contribution in [1.82, 2.24) is 0 Å². The third kappa shape index (κ3) is 5.99. The first-order valence-electron chi connectivity index (χ1n) is 10.7. The monoisotopic (exact) mass is 491 g/mol. The Morgan fingerprint density at radius 3 is 2.60 bits per heavy atom. The van der Waals surface area contributed by atoms with Crippen LogP contribution in [-0.4, -0.2) is 29.4 Å². The lowest BCUT2D eigenvalue weighted by atomic mass is 9.93. The standard InChI is InChI=1S/C26H22ClN3O5/c27-21-14-20-19(26(32)33)11-13-34-22(20)15-23(21)35-18-8-6-16(7-9-18)25(31)30-24(28)10-12-29-17-4-2-1-3-5-17/h1-10,12,14-15,19,29H,11,13H2,(H,32,33)(H2,28,30,31)/b12-10-. The second-order valence-corrected chi connectivity index (χ2v) is 8.07. The summed E-state index contributed by atoms with van der Waals surface area (Å²) in [6.45, 7) is 0.295. The maximum absolute atomic E-state index is 12.4. The van der Waals surface area contributed by atoms with Gasteiger partial charge in [0.15, 0.2) is 0 Å². The summed E-state index contributed by atoms with van der Waals surface area (Å²) >= 11 is 6.33. The number of hydrogen-bond donors (Lipinski definition) is 3. The van der Waals surface area contributed by atoms with Crippen molar-refractivity contribution in [2.24, 2.45) is 10.7 Å². The van der Waals surface area contributed by atoms with Crippen molar-refractivity contribution >= 4 is 35.0 Å². The zero-order chi connectivity index (χ0) is 24.8. The van der Waals surface area contributed by atoms with Crippen molar-refractivity contribution in [2.45, 2.75) is 12.3 Å². The molecule has 0 fully saturated rings. The lowest BCUT2D eigenvalue weighted by molar-refractivity contribution is -0.139. The number of carbonyl (C=O) groups excluding carboxylic acids is 1. The first-order chi connectivity index (χ1) is 16.9. The summed E-state index contributed by atoms with van der Waals surface area (Å²) in [7, 11) is 0. The molecule has 9 heteroatoms. The van der Waals surface area contributed by atoms with E-state index in [-0.39, 0.29) is 10.9 Å². The number of rotatable bonds is 7. The van der Waals surface area contributed by atoms with Gasteiger partial charge in [-0.2, -0.15) is 4.99 Å². The molecule has 3 aromatic carbocycles. The zero-order valence-corrected chi connectivity index (χ0v) is 19.2. The summed E-state index contributed by atoms with van der Waals surface area (Å²) in [5, 5.41) is 12.7. The summed E-state index contributed by atoms with van der Waals surface area (Å²) in [5.74, 6) is -0.878. The maximum Gasteiger partial charge on any atom is 0.311 e. The first kappa shape index (κ1) is 23.8. The van der Waals surface area contributed by atoms with Crippen LogP contribution >= 0.6 is 11.6 Å². The van der Waals surface area contributed by atoms with E-state index < -0.39 is 17.8 Å². The average Bonchev–Trinajstić information content (AvgIpc) is 2.85. The molecule has 1 aliphatic heterocycles. The second-order valence-electron chi connectivity index (χ2n) is 7.66. The summed E-state index contributed by atoms with van der Waals surface area (Å²) in [5.41, 5.74) is 7.55. The Hall–Kier alpha value is -4.30. The SMILES string of the molecule is NC(/C=C\Nc1ccccc1)=NC(=O)c1ccc(Oc2cc3c(cc2Cl)C(C(=O)O)CCO3)cc1. The van der Waals surface area contributed by atoms with Gasteiger partial charge in [0.05, 0.1) is 17.5 Å². The fourth-order valence-corrected chi connectivity index (χ4v) is 3.70. The number of aliphatic carboxylic acids is 1. The Morgan fingerprint density at radius 2 is 1.89 bits per heavy atom. The minimum absolute atomic E-state index is 0.0549. The molecule has 4 N–H and O–H groups in total. The smallest absolute Gasteiger partial charge is 0.311 e. The van der Waals surface area contributed by atoms with E-state index in [1.54, 1.807) is 42.6 Å². The topological polar surface area (TPSA) is 123 Å². The van der Waals surface area contributed by atoms with E-state index in [4.69, 9.17) is 26.8 Å². The molecule has 1 atom stereocenters. The highest BCUT2D eigenvalue weighted by atomic mass is 35.5. The number of ether oxygens (including phenoxy) is 2. The number of benzene rings is 3. The largest absolute Gasteiger partial charge is 0.493 e. The van der Waals surface area contributed by atoms with Crippen molar-refractivity contribution in [1.29, 1.82) is 0 Å².